The fourth-order valence-electron chi connectivity index (χ4n) is 1.77. The van der Waals surface area contributed by atoms with Gasteiger partial charge in [-0.2, -0.15) is 0 Å². The highest BCUT2D eigenvalue weighted by molar-refractivity contribution is 5.96. The number of ether oxygens (including phenoxy) is 1. The maximum absolute atomic E-state index is 13.1. The van der Waals surface area contributed by atoms with Crippen molar-refractivity contribution in [3.63, 3.8) is 0 Å². The van der Waals surface area contributed by atoms with E-state index >= 15 is 0 Å². The summed E-state index contributed by atoms with van der Waals surface area (Å²) in [7, 11) is 3.60. The molecule has 1 aromatic carbocycles. The molecule has 0 radical (unpaired) electrons. The van der Waals surface area contributed by atoms with Gasteiger partial charge in [-0.3, -0.25) is 0 Å². The smallest absolute Gasteiger partial charge is 0.341 e. The lowest BCUT2D eigenvalue weighted by atomic mass is 10.1. The Hall–Kier alpha value is -2.50. The molecule has 0 aliphatic heterocycles. The van der Waals surface area contributed by atoms with Gasteiger partial charge < -0.3 is 9.64 Å². The molecule has 0 atom stereocenters. The van der Waals surface area contributed by atoms with Gasteiger partial charge in [0.25, 0.3) is 0 Å². The van der Waals surface area contributed by atoms with Gasteiger partial charge in [0.15, 0.2) is 0 Å². The molecule has 0 spiro atoms. The van der Waals surface area contributed by atoms with Gasteiger partial charge in [0, 0.05) is 25.9 Å². The van der Waals surface area contributed by atoms with Crippen molar-refractivity contribution >= 4 is 11.9 Å². The van der Waals surface area contributed by atoms with E-state index in [2.05, 4.69) is 9.97 Å². The van der Waals surface area contributed by atoms with E-state index in [4.69, 9.17) is 4.74 Å². The van der Waals surface area contributed by atoms with Crippen molar-refractivity contribution in [2.24, 2.45) is 0 Å². The summed E-state index contributed by atoms with van der Waals surface area (Å²) in [5.41, 5.74) is 1.31. The van der Waals surface area contributed by atoms with Crippen molar-refractivity contribution < 1.29 is 13.9 Å². The molecule has 0 saturated carbocycles. The second-order valence-electron chi connectivity index (χ2n) is 4.55. The van der Waals surface area contributed by atoms with Crippen LogP contribution in [0.25, 0.3) is 11.3 Å². The van der Waals surface area contributed by atoms with E-state index in [-0.39, 0.29) is 18.0 Å². The first kappa shape index (κ1) is 14.9. The predicted octanol–water partition coefficient (Wildman–Crippen LogP) is 2.53. The van der Waals surface area contributed by atoms with Crippen LogP contribution in [-0.4, -0.2) is 36.6 Å². The molecule has 0 unspecified atom stereocenters. The number of esters is 1. The number of aromatic nitrogens is 2. The van der Waals surface area contributed by atoms with Crippen molar-refractivity contribution in [1.82, 2.24) is 9.97 Å². The van der Waals surface area contributed by atoms with Gasteiger partial charge in [-0.25, -0.2) is 19.2 Å². The highest BCUT2D eigenvalue weighted by Crippen LogP contribution is 2.24. The lowest BCUT2D eigenvalue weighted by Crippen LogP contribution is -2.15. The first-order valence-electron chi connectivity index (χ1n) is 6.50. The summed E-state index contributed by atoms with van der Waals surface area (Å²) in [4.78, 5) is 22.2. The topological polar surface area (TPSA) is 55.3 Å². The van der Waals surface area contributed by atoms with E-state index in [1.54, 1.807) is 38.1 Å². The van der Waals surface area contributed by atoms with Crippen LogP contribution in [0.5, 0.6) is 0 Å². The van der Waals surface area contributed by atoms with Crippen LogP contribution in [0.1, 0.15) is 17.3 Å². The molecule has 0 N–H and O–H groups in total. The molecule has 5 nitrogen and oxygen atoms in total. The summed E-state index contributed by atoms with van der Waals surface area (Å²) in [5.74, 6) is -0.386. The number of rotatable bonds is 4. The molecule has 6 heteroatoms. The summed E-state index contributed by atoms with van der Waals surface area (Å²) in [5, 5.41) is 0. The Bertz CT molecular complexity index is 642. The van der Waals surface area contributed by atoms with Crippen LogP contribution in [-0.2, 0) is 4.74 Å². The highest BCUT2D eigenvalue weighted by atomic mass is 19.1. The van der Waals surface area contributed by atoms with Crippen LogP contribution in [0.3, 0.4) is 0 Å². The summed E-state index contributed by atoms with van der Waals surface area (Å²) in [6.45, 7) is 1.99. The summed E-state index contributed by atoms with van der Waals surface area (Å²) < 4.78 is 18.1. The molecule has 0 fully saturated rings. The molecule has 0 bridgehead atoms. The average molecular weight is 289 g/mol. The van der Waals surface area contributed by atoms with E-state index in [1.807, 2.05) is 0 Å². The molecule has 21 heavy (non-hydrogen) atoms. The van der Waals surface area contributed by atoms with Crippen molar-refractivity contribution in [1.29, 1.82) is 0 Å². The molecule has 0 aliphatic rings. The number of hydrogen-bond acceptors (Lipinski definition) is 5. The second kappa shape index (κ2) is 6.30. The third-order valence-corrected chi connectivity index (χ3v) is 2.79. The van der Waals surface area contributed by atoms with Crippen molar-refractivity contribution in [3.05, 3.63) is 41.8 Å². The molecule has 0 amide bonds. The Labute approximate surface area is 122 Å². The Morgan fingerprint density at radius 3 is 2.52 bits per heavy atom. The van der Waals surface area contributed by atoms with Crippen LogP contribution in [0, 0.1) is 5.82 Å². The molecular weight excluding hydrogens is 273 g/mol. The highest BCUT2D eigenvalue weighted by Gasteiger charge is 2.18. The fourth-order valence-corrected chi connectivity index (χ4v) is 1.77. The quantitative estimate of drug-likeness (QED) is 0.810. The second-order valence-corrected chi connectivity index (χ2v) is 4.55. The van der Waals surface area contributed by atoms with Gasteiger partial charge in [-0.15, -0.1) is 0 Å². The zero-order valence-electron chi connectivity index (χ0n) is 12.1. The number of anilines is 1. The Kier molecular flexibility index (Phi) is 4.47. The monoisotopic (exact) mass is 289 g/mol. The van der Waals surface area contributed by atoms with Crippen molar-refractivity contribution in [2.45, 2.75) is 6.92 Å². The first-order chi connectivity index (χ1) is 10.0. The van der Waals surface area contributed by atoms with Gasteiger partial charge >= 0.3 is 5.97 Å². The molecule has 1 heterocycles. The molecule has 110 valence electrons. The third-order valence-electron chi connectivity index (χ3n) is 2.79. The number of hydrogen-bond donors (Lipinski definition) is 0. The molecular formula is C15H16FN3O2. The molecule has 2 aromatic rings. The van der Waals surface area contributed by atoms with Crippen molar-refractivity contribution in [3.8, 4) is 11.3 Å². The largest absolute Gasteiger partial charge is 0.462 e. The summed E-state index contributed by atoms with van der Waals surface area (Å²) in [6, 6.07) is 5.78. The number of halogens is 1. The van der Waals surface area contributed by atoms with Crippen LogP contribution in [0.4, 0.5) is 10.3 Å². The van der Waals surface area contributed by atoms with E-state index < -0.39 is 5.97 Å². The van der Waals surface area contributed by atoms with Gasteiger partial charge in [0.1, 0.15) is 11.4 Å². The van der Waals surface area contributed by atoms with Gasteiger partial charge in [-0.05, 0) is 31.2 Å². The van der Waals surface area contributed by atoms with Crippen LogP contribution in [0.15, 0.2) is 30.5 Å². The average Bonchev–Trinajstić information content (AvgIpc) is 2.47. The number of carbonyl (C=O) groups is 1. The fraction of sp³-hybridized carbons (Fsp3) is 0.267. The summed E-state index contributed by atoms with van der Waals surface area (Å²) in [6.07, 6.45) is 1.43. The van der Waals surface area contributed by atoms with Gasteiger partial charge in [0.05, 0.1) is 12.3 Å². The third kappa shape index (κ3) is 3.34. The molecule has 2 rings (SSSR count). The maximum Gasteiger partial charge on any atom is 0.341 e. The number of nitrogens with zero attached hydrogens (tertiary/aromatic N) is 3. The molecule has 0 saturated heterocycles. The predicted molar refractivity (Wildman–Crippen MR) is 77.7 cm³/mol. The minimum absolute atomic E-state index is 0.258. The minimum Gasteiger partial charge on any atom is -0.462 e. The normalized spacial score (nSPS) is 10.3. The first-order valence-corrected chi connectivity index (χ1v) is 6.50. The van der Waals surface area contributed by atoms with Crippen LogP contribution >= 0.6 is 0 Å². The van der Waals surface area contributed by atoms with E-state index in [0.717, 1.165) is 0 Å². The van der Waals surface area contributed by atoms with Crippen LogP contribution < -0.4 is 4.90 Å². The Morgan fingerprint density at radius 2 is 1.95 bits per heavy atom. The standard InChI is InChI=1S/C15H16FN3O2/c1-4-21-14(20)12-9-17-15(19(2)3)18-13(12)10-5-7-11(16)8-6-10/h5-9H,4H2,1-3H3. The Morgan fingerprint density at radius 1 is 1.29 bits per heavy atom. The molecule has 1 aromatic heterocycles. The van der Waals surface area contributed by atoms with Gasteiger partial charge in [0.2, 0.25) is 5.95 Å². The maximum atomic E-state index is 13.1. The van der Waals surface area contributed by atoms with Gasteiger partial charge in [-0.1, -0.05) is 0 Å². The minimum atomic E-state index is -0.498. The molecule has 0 aliphatic carbocycles. The zero-order valence-corrected chi connectivity index (χ0v) is 12.1. The van der Waals surface area contributed by atoms with Crippen molar-refractivity contribution in [2.75, 3.05) is 25.6 Å². The number of carbonyl (C=O) groups excluding carboxylic acids is 1. The zero-order chi connectivity index (χ0) is 15.4. The van der Waals surface area contributed by atoms with E-state index in [1.165, 1.54) is 18.3 Å². The Balaban J connectivity index is 2.55. The summed E-state index contributed by atoms with van der Waals surface area (Å²) >= 11 is 0. The lowest BCUT2D eigenvalue weighted by molar-refractivity contribution is 0.0526. The van der Waals surface area contributed by atoms with E-state index in [0.29, 0.717) is 17.2 Å². The number of benzene rings is 1. The van der Waals surface area contributed by atoms with Crippen LogP contribution in [0.2, 0.25) is 0 Å². The SMILES string of the molecule is CCOC(=O)c1cnc(N(C)C)nc1-c1ccc(F)cc1. The van der Waals surface area contributed by atoms with E-state index in [9.17, 15) is 9.18 Å². The lowest BCUT2D eigenvalue weighted by Gasteiger charge is -2.14.